The Labute approximate surface area is 153 Å². The van der Waals surface area contributed by atoms with Crippen molar-refractivity contribution in [3.63, 3.8) is 0 Å². The van der Waals surface area contributed by atoms with Crippen LogP contribution in [-0.4, -0.2) is 72.8 Å². The van der Waals surface area contributed by atoms with E-state index in [1.807, 2.05) is 19.0 Å². The summed E-state index contributed by atoms with van der Waals surface area (Å²) in [5.41, 5.74) is 0. The summed E-state index contributed by atoms with van der Waals surface area (Å²) in [5, 5.41) is 3.90. The van der Waals surface area contributed by atoms with E-state index in [9.17, 15) is 4.79 Å². The molecule has 0 saturated carbocycles. The second-order valence-corrected chi connectivity index (χ2v) is 6.89. The van der Waals surface area contributed by atoms with Crippen molar-refractivity contribution in [2.45, 2.75) is 19.3 Å². The molecule has 0 aliphatic carbocycles. The van der Waals surface area contributed by atoms with Crippen molar-refractivity contribution in [1.82, 2.24) is 19.9 Å². The maximum absolute atomic E-state index is 12.5. The number of rotatable bonds is 7. The zero-order chi connectivity index (χ0) is 18.4. The minimum absolute atomic E-state index is 0.157. The molecule has 1 unspecified atom stereocenters. The van der Waals surface area contributed by atoms with Gasteiger partial charge >= 0.3 is 0 Å². The van der Waals surface area contributed by atoms with Gasteiger partial charge in [0.15, 0.2) is 5.76 Å². The van der Waals surface area contributed by atoms with E-state index in [0.717, 1.165) is 13.1 Å². The van der Waals surface area contributed by atoms with Crippen molar-refractivity contribution < 1.29 is 18.5 Å². The molecule has 2 aromatic rings. The third-order valence-corrected chi connectivity index (χ3v) is 4.30. The summed E-state index contributed by atoms with van der Waals surface area (Å²) in [6.45, 7) is 3.64. The minimum atomic E-state index is 0.157. The molecule has 3 heterocycles. The van der Waals surface area contributed by atoms with Gasteiger partial charge < -0.3 is 23.5 Å². The van der Waals surface area contributed by atoms with Crippen LogP contribution in [0.25, 0.3) is 11.6 Å². The van der Waals surface area contributed by atoms with Gasteiger partial charge in [-0.25, -0.2) is 0 Å². The fourth-order valence-electron chi connectivity index (χ4n) is 3.15. The third-order valence-electron chi connectivity index (χ3n) is 4.30. The number of nitrogens with zero attached hydrogens (tertiary/aromatic N) is 4. The summed E-state index contributed by atoms with van der Waals surface area (Å²) in [5.74, 6) is 2.04. The second-order valence-electron chi connectivity index (χ2n) is 6.89. The number of carbonyl (C=O) groups is 1. The van der Waals surface area contributed by atoms with E-state index in [0.29, 0.717) is 62.4 Å². The molecule has 0 radical (unpaired) electrons. The molecule has 142 valence electrons. The monoisotopic (exact) mass is 362 g/mol. The molecule has 0 bridgehead atoms. The zero-order valence-electron chi connectivity index (χ0n) is 15.4. The summed E-state index contributed by atoms with van der Waals surface area (Å²) in [7, 11) is 4.08. The summed E-state index contributed by atoms with van der Waals surface area (Å²) in [6.07, 6.45) is 3.28. The van der Waals surface area contributed by atoms with Crippen LogP contribution in [0.3, 0.4) is 0 Å². The van der Waals surface area contributed by atoms with Gasteiger partial charge in [-0.3, -0.25) is 4.79 Å². The Morgan fingerprint density at radius 3 is 3.08 bits per heavy atom. The van der Waals surface area contributed by atoms with Crippen LogP contribution in [-0.2, 0) is 16.0 Å². The quantitative estimate of drug-likeness (QED) is 0.741. The summed E-state index contributed by atoms with van der Waals surface area (Å²) >= 11 is 0. The van der Waals surface area contributed by atoms with Crippen LogP contribution in [0, 0.1) is 5.92 Å². The molecule has 0 spiro atoms. The first kappa shape index (κ1) is 18.6. The fraction of sp³-hybridized carbons (Fsp3) is 0.611. The Kier molecular flexibility index (Phi) is 6.40. The van der Waals surface area contributed by atoms with E-state index in [2.05, 4.69) is 15.0 Å². The molecular weight excluding hydrogens is 336 g/mol. The maximum atomic E-state index is 12.5. The minimum Gasteiger partial charge on any atom is -0.461 e. The third kappa shape index (κ3) is 5.15. The largest absolute Gasteiger partial charge is 0.461 e. The molecule has 1 amide bonds. The lowest BCUT2D eigenvalue weighted by Crippen LogP contribution is -2.38. The smallest absolute Gasteiger partial charge is 0.238 e. The molecule has 8 nitrogen and oxygen atoms in total. The summed E-state index contributed by atoms with van der Waals surface area (Å²) in [4.78, 5) is 20.9. The highest BCUT2D eigenvalue weighted by atomic mass is 16.5. The molecular formula is C18H26N4O4. The second kappa shape index (κ2) is 8.95. The van der Waals surface area contributed by atoms with Crippen molar-refractivity contribution in [1.29, 1.82) is 0 Å². The van der Waals surface area contributed by atoms with Gasteiger partial charge in [0.05, 0.1) is 19.5 Å². The van der Waals surface area contributed by atoms with E-state index in [1.54, 1.807) is 18.4 Å². The number of hydrogen-bond acceptors (Lipinski definition) is 7. The van der Waals surface area contributed by atoms with E-state index >= 15 is 0 Å². The molecule has 2 aromatic heterocycles. The normalized spacial score (nSPS) is 18.3. The average Bonchev–Trinajstić information content (AvgIpc) is 3.23. The van der Waals surface area contributed by atoms with Gasteiger partial charge in [-0.1, -0.05) is 5.16 Å². The number of ether oxygens (including phenoxy) is 1. The topological polar surface area (TPSA) is 84.8 Å². The first-order valence-electron chi connectivity index (χ1n) is 8.98. The Hall–Kier alpha value is -2.19. The van der Waals surface area contributed by atoms with Gasteiger partial charge in [0.25, 0.3) is 0 Å². The number of aromatic nitrogens is 2. The van der Waals surface area contributed by atoms with Crippen LogP contribution in [0.4, 0.5) is 0 Å². The van der Waals surface area contributed by atoms with Gasteiger partial charge in [-0.2, -0.15) is 4.98 Å². The Bertz CT molecular complexity index is 683. The van der Waals surface area contributed by atoms with Crippen molar-refractivity contribution in [3.05, 3.63) is 24.3 Å². The zero-order valence-corrected chi connectivity index (χ0v) is 15.4. The van der Waals surface area contributed by atoms with E-state index in [4.69, 9.17) is 13.7 Å². The van der Waals surface area contributed by atoms with Crippen LogP contribution < -0.4 is 0 Å². The standard InChI is InChI=1S/C18H26N4O4/c1-21(2)11-14-12-22(8-10-24-13-14)17(23)7-3-6-16-19-18(20-26-16)15-5-4-9-25-15/h4-5,9,14H,3,6-8,10-13H2,1-2H3. The van der Waals surface area contributed by atoms with Gasteiger partial charge in [0.1, 0.15) is 0 Å². The lowest BCUT2D eigenvalue weighted by atomic mass is 10.1. The van der Waals surface area contributed by atoms with Gasteiger partial charge in [-0.15, -0.1) is 0 Å². The molecule has 0 N–H and O–H groups in total. The number of furan rings is 1. The van der Waals surface area contributed by atoms with Gasteiger partial charge in [0.2, 0.25) is 17.6 Å². The molecule has 1 fully saturated rings. The van der Waals surface area contributed by atoms with Crippen molar-refractivity contribution >= 4 is 5.91 Å². The molecule has 1 saturated heterocycles. The van der Waals surface area contributed by atoms with Crippen LogP contribution in [0.5, 0.6) is 0 Å². The molecule has 1 aliphatic rings. The number of amides is 1. The van der Waals surface area contributed by atoms with Gasteiger partial charge in [0, 0.05) is 38.4 Å². The van der Waals surface area contributed by atoms with Crippen LogP contribution >= 0.6 is 0 Å². The predicted octanol–water partition coefficient (Wildman–Crippen LogP) is 1.69. The summed E-state index contributed by atoms with van der Waals surface area (Å²) < 4.78 is 16.1. The molecule has 1 atom stereocenters. The van der Waals surface area contributed by atoms with Crippen LogP contribution in [0.15, 0.2) is 27.3 Å². The highest BCUT2D eigenvalue weighted by Gasteiger charge is 2.22. The van der Waals surface area contributed by atoms with Gasteiger partial charge in [-0.05, 0) is 32.6 Å². The van der Waals surface area contributed by atoms with Crippen molar-refractivity contribution in [2.75, 3.05) is 46.9 Å². The lowest BCUT2D eigenvalue weighted by molar-refractivity contribution is -0.131. The first-order valence-corrected chi connectivity index (χ1v) is 8.98. The summed E-state index contributed by atoms with van der Waals surface area (Å²) in [6, 6.07) is 3.56. The lowest BCUT2D eigenvalue weighted by Gasteiger charge is -2.25. The van der Waals surface area contributed by atoms with Crippen molar-refractivity contribution in [3.8, 4) is 11.6 Å². The first-order chi connectivity index (χ1) is 12.6. The van der Waals surface area contributed by atoms with Crippen molar-refractivity contribution in [2.24, 2.45) is 5.92 Å². The van der Waals surface area contributed by atoms with Crippen LogP contribution in [0.1, 0.15) is 18.7 Å². The molecule has 26 heavy (non-hydrogen) atoms. The highest BCUT2D eigenvalue weighted by Crippen LogP contribution is 2.17. The maximum Gasteiger partial charge on any atom is 0.238 e. The molecule has 3 rings (SSSR count). The number of carbonyl (C=O) groups excluding carboxylic acids is 1. The van der Waals surface area contributed by atoms with E-state index < -0.39 is 0 Å². The van der Waals surface area contributed by atoms with Crippen LogP contribution in [0.2, 0.25) is 0 Å². The number of aryl methyl sites for hydroxylation is 1. The molecule has 0 aromatic carbocycles. The van der Waals surface area contributed by atoms with E-state index in [-0.39, 0.29) is 5.91 Å². The van der Waals surface area contributed by atoms with E-state index in [1.165, 1.54) is 0 Å². The molecule has 1 aliphatic heterocycles. The Balaban J connectivity index is 1.46. The predicted molar refractivity (Wildman–Crippen MR) is 94.4 cm³/mol. The Morgan fingerprint density at radius 2 is 2.31 bits per heavy atom. The fourth-order valence-corrected chi connectivity index (χ4v) is 3.15. The highest BCUT2D eigenvalue weighted by molar-refractivity contribution is 5.76. The average molecular weight is 362 g/mol. The SMILES string of the molecule is CN(C)CC1COCCN(C(=O)CCCc2nc(-c3ccco3)no2)C1. The molecule has 8 heteroatoms. The number of hydrogen-bond donors (Lipinski definition) is 0. The Morgan fingerprint density at radius 1 is 1.42 bits per heavy atom.